The van der Waals surface area contributed by atoms with E-state index in [4.69, 9.17) is 4.74 Å². The molecule has 1 aliphatic rings. The molecule has 1 fully saturated rings. The Balaban J connectivity index is 1.86. The highest BCUT2D eigenvalue weighted by Gasteiger charge is 2.51. The number of aromatic nitrogens is 1. The van der Waals surface area contributed by atoms with Crippen LogP contribution in [-0.2, 0) is 5.41 Å². The Morgan fingerprint density at radius 1 is 1.24 bits per heavy atom. The van der Waals surface area contributed by atoms with E-state index in [0.29, 0.717) is 17.9 Å². The van der Waals surface area contributed by atoms with Crippen LogP contribution < -0.4 is 4.74 Å². The lowest BCUT2D eigenvalue weighted by molar-refractivity contribution is 0.0945. The Morgan fingerprint density at radius 3 is 2.67 bits per heavy atom. The summed E-state index contributed by atoms with van der Waals surface area (Å²) in [5, 5.41) is 0. The first kappa shape index (κ1) is 13.8. The van der Waals surface area contributed by atoms with Gasteiger partial charge in [-0.25, -0.2) is 0 Å². The van der Waals surface area contributed by atoms with Gasteiger partial charge in [0.1, 0.15) is 5.75 Å². The zero-order chi connectivity index (χ0) is 14.7. The molecule has 1 heterocycles. The number of rotatable bonds is 6. The fourth-order valence-corrected chi connectivity index (χ4v) is 2.65. The first-order chi connectivity index (χ1) is 10.3. The third-order valence-corrected chi connectivity index (χ3v) is 3.96. The first-order valence-corrected chi connectivity index (χ1v) is 7.44. The van der Waals surface area contributed by atoms with E-state index >= 15 is 0 Å². The predicted octanol–water partition coefficient (Wildman–Crippen LogP) is 3.78. The van der Waals surface area contributed by atoms with Crippen molar-refractivity contribution in [3.63, 3.8) is 0 Å². The lowest BCUT2D eigenvalue weighted by Crippen LogP contribution is -2.20. The molecule has 1 saturated carbocycles. The maximum absolute atomic E-state index is 12.9. The van der Waals surface area contributed by atoms with Gasteiger partial charge in [-0.1, -0.05) is 37.3 Å². The third kappa shape index (κ3) is 2.68. The summed E-state index contributed by atoms with van der Waals surface area (Å²) in [5.74, 6) is 0.828. The monoisotopic (exact) mass is 281 g/mol. The Morgan fingerprint density at radius 2 is 2.00 bits per heavy atom. The molecule has 108 valence electrons. The van der Waals surface area contributed by atoms with Crippen LogP contribution >= 0.6 is 0 Å². The third-order valence-electron chi connectivity index (χ3n) is 3.96. The van der Waals surface area contributed by atoms with Gasteiger partial charge < -0.3 is 4.74 Å². The first-order valence-electron chi connectivity index (χ1n) is 7.44. The number of Topliss-reactive ketones (excluding diaryl/α,β-unsaturated/α-hetero) is 1. The van der Waals surface area contributed by atoms with Gasteiger partial charge in [-0.2, -0.15) is 0 Å². The van der Waals surface area contributed by atoms with Crippen LogP contribution in [0.3, 0.4) is 0 Å². The van der Waals surface area contributed by atoms with Gasteiger partial charge >= 0.3 is 0 Å². The largest absolute Gasteiger partial charge is 0.492 e. The second kappa shape index (κ2) is 5.68. The SMILES string of the molecule is CCCOc1cncc(C(=O)C2(c3ccccc3)CC2)c1. The lowest BCUT2D eigenvalue weighted by atomic mass is 9.88. The number of ether oxygens (including phenoxy) is 1. The van der Waals surface area contributed by atoms with Crippen LogP contribution in [0.25, 0.3) is 0 Å². The molecule has 0 aliphatic heterocycles. The van der Waals surface area contributed by atoms with E-state index in [1.807, 2.05) is 36.4 Å². The van der Waals surface area contributed by atoms with Crippen LogP contribution in [0.15, 0.2) is 48.8 Å². The average Bonchev–Trinajstić information content (AvgIpc) is 3.35. The van der Waals surface area contributed by atoms with Gasteiger partial charge in [-0.3, -0.25) is 9.78 Å². The summed E-state index contributed by atoms with van der Waals surface area (Å²) in [4.78, 5) is 17.0. The molecule has 21 heavy (non-hydrogen) atoms. The van der Waals surface area contributed by atoms with Crippen molar-refractivity contribution in [2.75, 3.05) is 6.61 Å². The molecule has 3 rings (SSSR count). The molecule has 0 bridgehead atoms. The van der Waals surface area contributed by atoms with E-state index in [1.165, 1.54) is 0 Å². The van der Waals surface area contributed by atoms with Crippen molar-refractivity contribution in [2.24, 2.45) is 0 Å². The number of nitrogens with zero attached hydrogens (tertiary/aromatic N) is 1. The second-order valence-electron chi connectivity index (χ2n) is 5.54. The Labute approximate surface area is 125 Å². The highest BCUT2D eigenvalue weighted by atomic mass is 16.5. The maximum atomic E-state index is 12.9. The molecule has 2 aromatic rings. The number of benzene rings is 1. The number of hydrogen-bond acceptors (Lipinski definition) is 3. The topological polar surface area (TPSA) is 39.2 Å². The van der Waals surface area contributed by atoms with E-state index in [2.05, 4.69) is 11.9 Å². The van der Waals surface area contributed by atoms with Gasteiger partial charge in [0.05, 0.1) is 18.2 Å². The lowest BCUT2D eigenvalue weighted by Gasteiger charge is -2.15. The van der Waals surface area contributed by atoms with Crippen molar-refractivity contribution >= 4 is 5.78 Å². The quantitative estimate of drug-likeness (QED) is 0.756. The summed E-state index contributed by atoms with van der Waals surface area (Å²) >= 11 is 0. The summed E-state index contributed by atoms with van der Waals surface area (Å²) in [5.41, 5.74) is 1.41. The van der Waals surface area contributed by atoms with Crippen molar-refractivity contribution in [3.05, 3.63) is 59.9 Å². The second-order valence-corrected chi connectivity index (χ2v) is 5.54. The highest BCUT2D eigenvalue weighted by Crippen LogP contribution is 2.50. The summed E-state index contributed by atoms with van der Waals surface area (Å²) in [6.07, 6.45) is 6.07. The number of hydrogen-bond donors (Lipinski definition) is 0. The van der Waals surface area contributed by atoms with Crippen LogP contribution in [0.4, 0.5) is 0 Å². The molecule has 3 nitrogen and oxygen atoms in total. The minimum Gasteiger partial charge on any atom is -0.492 e. The van der Waals surface area contributed by atoms with Gasteiger partial charge in [0.25, 0.3) is 0 Å². The maximum Gasteiger partial charge on any atom is 0.175 e. The van der Waals surface area contributed by atoms with Gasteiger partial charge in [-0.05, 0) is 30.9 Å². The van der Waals surface area contributed by atoms with Crippen molar-refractivity contribution < 1.29 is 9.53 Å². The Hall–Kier alpha value is -2.16. The average molecular weight is 281 g/mol. The Kier molecular flexibility index (Phi) is 3.74. The number of carbonyl (C=O) groups excluding carboxylic acids is 1. The fraction of sp³-hybridized carbons (Fsp3) is 0.333. The molecule has 3 heteroatoms. The normalized spacial score (nSPS) is 15.5. The van der Waals surface area contributed by atoms with Gasteiger partial charge in [-0.15, -0.1) is 0 Å². The molecule has 0 radical (unpaired) electrons. The van der Waals surface area contributed by atoms with Gasteiger partial charge in [0.15, 0.2) is 5.78 Å². The molecule has 0 amide bonds. The van der Waals surface area contributed by atoms with Crippen LogP contribution in [-0.4, -0.2) is 17.4 Å². The molecule has 0 N–H and O–H groups in total. The molecule has 1 aromatic carbocycles. The molecule has 1 aromatic heterocycles. The van der Waals surface area contributed by atoms with E-state index in [9.17, 15) is 4.79 Å². The molecule has 0 saturated heterocycles. The number of ketones is 1. The van der Waals surface area contributed by atoms with E-state index < -0.39 is 0 Å². The molecular weight excluding hydrogens is 262 g/mol. The van der Waals surface area contributed by atoms with Crippen molar-refractivity contribution in [1.29, 1.82) is 0 Å². The summed E-state index contributed by atoms with van der Waals surface area (Å²) in [6.45, 7) is 2.69. The minimum atomic E-state index is -0.341. The van der Waals surface area contributed by atoms with E-state index in [1.54, 1.807) is 12.4 Å². The number of carbonyl (C=O) groups is 1. The number of pyridine rings is 1. The van der Waals surface area contributed by atoms with E-state index in [0.717, 1.165) is 24.8 Å². The predicted molar refractivity (Wildman–Crippen MR) is 81.7 cm³/mol. The van der Waals surface area contributed by atoms with Crippen molar-refractivity contribution in [3.8, 4) is 5.75 Å². The van der Waals surface area contributed by atoms with Crippen LogP contribution in [0, 0.1) is 0 Å². The standard InChI is InChI=1S/C18H19NO2/c1-2-10-21-16-11-14(12-19-13-16)17(20)18(8-9-18)15-6-4-3-5-7-15/h3-7,11-13H,2,8-10H2,1H3. The highest BCUT2D eigenvalue weighted by molar-refractivity contribution is 6.06. The van der Waals surface area contributed by atoms with Gasteiger partial charge in [0, 0.05) is 11.8 Å². The smallest absolute Gasteiger partial charge is 0.175 e. The van der Waals surface area contributed by atoms with Crippen molar-refractivity contribution in [2.45, 2.75) is 31.6 Å². The summed E-state index contributed by atoms with van der Waals surface area (Å²) in [6, 6.07) is 11.8. The molecule has 0 atom stereocenters. The van der Waals surface area contributed by atoms with Crippen molar-refractivity contribution in [1.82, 2.24) is 4.98 Å². The van der Waals surface area contributed by atoms with Gasteiger partial charge in [0.2, 0.25) is 0 Å². The zero-order valence-electron chi connectivity index (χ0n) is 12.2. The summed E-state index contributed by atoms with van der Waals surface area (Å²) < 4.78 is 5.57. The van der Waals surface area contributed by atoms with Crippen LogP contribution in [0.5, 0.6) is 5.75 Å². The molecular formula is C18H19NO2. The Bertz CT molecular complexity index is 633. The summed E-state index contributed by atoms with van der Waals surface area (Å²) in [7, 11) is 0. The minimum absolute atomic E-state index is 0.156. The molecule has 0 unspecified atom stereocenters. The fourth-order valence-electron chi connectivity index (χ4n) is 2.65. The van der Waals surface area contributed by atoms with E-state index in [-0.39, 0.29) is 11.2 Å². The van der Waals surface area contributed by atoms with Crippen LogP contribution in [0.2, 0.25) is 0 Å². The molecule has 0 spiro atoms. The zero-order valence-corrected chi connectivity index (χ0v) is 12.2. The van der Waals surface area contributed by atoms with Crippen LogP contribution in [0.1, 0.15) is 42.1 Å². The molecule has 1 aliphatic carbocycles.